The number of pyridine rings is 1. The van der Waals surface area contributed by atoms with Crippen LogP contribution in [-0.4, -0.2) is 15.0 Å². The molecule has 0 saturated carbocycles. The summed E-state index contributed by atoms with van der Waals surface area (Å²) in [6.07, 6.45) is -3.77. The van der Waals surface area contributed by atoms with E-state index < -0.39 is 11.7 Å². The first-order valence-corrected chi connectivity index (χ1v) is 10.2. The summed E-state index contributed by atoms with van der Waals surface area (Å²) in [6.45, 7) is 6.43. The van der Waals surface area contributed by atoms with E-state index in [9.17, 15) is 13.2 Å². The van der Waals surface area contributed by atoms with Gasteiger partial charge in [-0.15, -0.1) is 0 Å². The topological polar surface area (TPSA) is 41.6 Å². The molecule has 0 amide bonds. The van der Waals surface area contributed by atoms with E-state index in [2.05, 4.69) is 47.9 Å². The van der Waals surface area contributed by atoms with E-state index >= 15 is 0 Å². The maximum atomic E-state index is 12.9. The van der Waals surface area contributed by atoms with Gasteiger partial charge in [0.2, 0.25) is 0 Å². The smallest absolute Gasteiger partial charge is 0.338 e. The molecule has 2 heterocycles. The van der Waals surface area contributed by atoms with Crippen molar-refractivity contribution < 1.29 is 13.2 Å². The lowest BCUT2D eigenvalue weighted by atomic mass is 9.87. The van der Waals surface area contributed by atoms with Crippen molar-refractivity contribution in [3.05, 3.63) is 69.8 Å². The molecule has 0 atom stereocenters. The standard InChI is InChI=1S/C23H18Cl2F3N3/c1-22(2,3)13-5-7-18-19(10-13)31-21(30-18)12-4-6-15(16(24)8-12)20-17(25)9-14(11-29-20)23(26,27)28/h4-11H,1-3H3,(H,30,31). The van der Waals surface area contributed by atoms with E-state index in [0.29, 0.717) is 16.4 Å². The summed E-state index contributed by atoms with van der Waals surface area (Å²) in [5, 5.41) is 0.186. The fourth-order valence-electron chi connectivity index (χ4n) is 3.26. The summed E-state index contributed by atoms with van der Waals surface area (Å²) < 4.78 is 38.6. The summed E-state index contributed by atoms with van der Waals surface area (Å²) in [6, 6.07) is 12.1. The van der Waals surface area contributed by atoms with Gasteiger partial charge in [-0.05, 0) is 35.2 Å². The third-order valence-corrected chi connectivity index (χ3v) is 5.61. The predicted molar refractivity (Wildman–Crippen MR) is 118 cm³/mol. The van der Waals surface area contributed by atoms with Crippen molar-refractivity contribution >= 4 is 34.2 Å². The van der Waals surface area contributed by atoms with Crippen molar-refractivity contribution in [1.82, 2.24) is 15.0 Å². The first-order valence-electron chi connectivity index (χ1n) is 9.47. The number of alkyl halides is 3. The zero-order valence-electron chi connectivity index (χ0n) is 16.9. The fourth-order valence-corrected chi connectivity index (χ4v) is 3.80. The summed E-state index contributed by atoms with van der Waals surface area (Å²) in [5.74, 6) is 0.640. The fraction of sp³-hybridized carbons (Fsp3) is 0.217. The third kappa shape index (κ3) is 4.27. The monoisotopic (exact) mass is 463 g/mol. The number of rotatable bonds is 2. The molecule has 0 unspecified atom stereocenters. The van der Waals surface area contributed by atoms with Gasteiger partial charge in [0.05, 0.1) is 32.3 Å². The number of hydrogen-bond acceptors (Lipinski definition) is 2. The highest BCUT2D eigenvalue weighted by molar-refractivity contribution is 6.36. The van der Waals surface area contributed by atoms with Crippen molar-refractivity contribution in [2.24, 2.45) is 0 Å². The normalized spacial score (nSPS) is 12.5. The number of nitrogens with one attached hydrogen (secondary N) is 1. The maximum Gasteiger partial charge on any atom is 0.417 e. The van der Waals surface area contributed by atoms with Gasteiger partial charge in [0.1, 0.15) is 5.82 Å². The van der Waals surface area contributed by atoms with Gasteiger partial charge in [-0.3, -0.25) is 4.98 Å². The van der Waals surface area contributed by atoms with Gasteiger partial charge in [0.25, 0.3) is 0 Å². The van der Waals surface area contributed by atoms with Crippen LogP contribution >= 0.6 is 23.2 Å². The summed E-state index contributed by atoms with van der Waals surface area (Å²) >= 11 is 12.5. The Labute approximate surface area is 187 Å². The highest BCUT2D eigenvalue weighted by Gasteiger charge is 2.31. The molecule has 2 aromatic carbocycles. The lowest BCUT2D eigenvalue weighted by Gasteiger charge is -2.18. The van der Waals surface area contributed by atoms with E-state index in [1.807, 2.05) is 6.07 Å². The second kappa shape index (κ2) is 7.53. The number of benzene rings is 2. The van der Waals surface area contributed by atoms with Gasteiger partial charge in [0, 0.05) is 17.3 Å². The minimum Gasteiger partial charge on any atom is -0.338 e. The zero-order valence-corrected chi connectivity index (χ0v) is 18.4. The van der Waals surface area contributed by atoms with E-state index in [4.69, 9.17) is 23.2 Å². The molecule has 160 valence electrons. The Hall–Kier alpha value is -2.57. The quantitative estimate of drug-likeness (QED) is 0.328. The molecule has 0 fully saturated rings. The Kier molecular flexibility index (Phi) is 5.26. The number of nitrogens with zero attached hydrogens (tertiary/aromatic N) is 2. The lowest BCUT2D eigenvalue weighted by molar-refractivity contribution is -0.137. The molecular weight excluding hydrogens is 446 g/mol. The summed E-state index contributed by atoms with van der Waals surface area (Å²) in [5.41, 5.74) is 3.40. The highest BCUT2D eigenvalue weighted by Crippen LogP contribution is 2.37. The van der Waals surface area contributed by atoms with Crippen molar-refractivity contribution in [3.8, 4) is 22.6 Å². The van der Waals surface area contributed by atoms with Crippen LogP contribution in [0.2, 0.25) is 10.0 Å². The van der Waals surface area contributed by atoms with Crippen LogP contribution in [0.5, 0.6) is 0 Å². The molecule has 8 heteroatoms. The van der Waals surface area contributed by atoms with Gasteiger partial charge in [-0.25, -0.2) is 4.98 Å². The Morgan fingerprint density at radius 3 is 2.23 bits per heavy atom. The summed E-state index contributed by atoms with van der Waals surface area (Å²) in [7, 11) is 0. The van der Waals surface area contributed by atoms with Gasteiger partial charge < -0.3 is 4.98 Å². The van der Waals surface area contributed by atoms with Crippen LogP contribution in [0.1, 0.15) is 31.9 Å². The largest absolute Gasteiger partial charge is 0.417 e. The molecular formula is C23H18Cl2F3N3. The van der Waals surface area contributed by atoms with E-state index in [0.717, 1.165) is 28.9 Å². The first-order chi connectivity index (χ1) is 14.4. The molecule has 4 rings (SSSR count). The highest BCUT2D eigenvalue weighted by atomic mass is 35.5. The van der Waals surface area contributed by atoms with Crippen LogP contribution in [-0.2, 0) is 11.6 Å². The Balaban J connectivity index is 1.71. The van der Waals surface area contributed by atoms with Crippen LogP contribution in [0.15, 0.2) is 48.7 Å². The van der Waals surface area contributed by atoms with Crippen LogP contribution < -0.4 is 0 Å². The number of aromatic nitrogens is 3. The van der Waals surface area contributed by atoms with Crippen molar-refractivity contribution in [3.63, 3.8) is 0 Å². The van der Waals surface area contributed by atoms with Crippen LogP contribution in [0.4, 0.5) is 13.2 Å². The minimum absolute atomic E-state index is 0.0123. The average molecular weight is 464 g/mol. The maximum absolute atomic E-state index is 12.9. The van der Waals surface area contributed by atoms with Gasteiger partial charge in [-0.2, -0.15) is 13.2 Å². The molecule has 0 aliphatic heterocycles. The molecule has 0 aliphatic rings. The molecule has 2 aromatic heterocycles. The molecule has 0 spiro atoms. The molecule has 4 aromatic rings. The Morgan fingerprint density at radius 2 is 1.61 bits per heavy atom. The average Bonchev–Trinajstić information content (AvgIpc) is 3.10. The van der Waals surface area contributed by atoms with Crippen molar-refractivity contribution in [2.75, 3.05) is 0 Å². The molecule has 3 nitrogen and oxygen atoms in total. The van der Waals surface area contributed by atoms with E-state index in [-0.39, 0.29) is 16.1 Å². The van der Waals surface area contributed by atoms with Crippen molar-refractivity contribution in [2.45, 2.75) is 32.4 Å². The lowest BCUT2D eigenvalue weighted by Crippen LogP contribution is -2.10. The van der Waals surface area contributed by atoms with Crippen LogP contribution in [0, 0.1) is 0 Å². The molecule has 1 N–H and O–H groups in total. The van der Waals surface area contributed by atoms with Gasteiger partial charge in [0.15, 0.2) is 0 Å². The Morgan fingerprint density at radius 1 is 0.871 bits per heavy atom. The number of H-pyrrole nitrogens is 1. The number of halogens is 5. The molecule has 0 saturated heterocycles. The SMILES string of the molecule is CC(C)(C)c1ccc2nc(-c3ccc(-c4ncc(C(F)(F)F)cc4Cl)c(Cl)c3)[nH]c2c1. The zero-order chi connectivity index (χ0) is 22.6. The third-order valence-electron chi connectivity index (χ3n) is 5.01. The predicted octanol–water partition coefficient (Wildman–Crippen LogP) is 7.92. The molecule has 0 bridgehead atoms. The van der Waals surface area contributed by atoms with Gasteiger partial charge in [-0.1, -0.05) is 62.2 Å². The molecule has 31 heavy (non-hydrogen) atoms. The van der Waals surface area contributed by atoms with Crippen LogP contribution in [0.25, 0.3) is 33.7 Å². The van der Waals surface area contributed by atoms with Crippen molar-refractivity contribution in [1.29, 1.82) is 0 Å². The minimum atomic E-state index is -4.52. The number of fused-ring (bicyclic) bond motifs is 1. The second-order valence-corrected chi connectivity index (χ2v) is 9.13. The molecule has 0 aliphatic carbocycles. The summed E-state index contributed by atoms with van der Waals surface area (Å²) in [4.78, 5) is 11.8. The first kappa shape index (κ1) is 21.7. The van der Waals surface area contributed by atoms with E-state index in [1.165, 1.54) is 5.56 Å². The molecule has 0 radical (unpaired) electrons. The number of aromatic amines is 1. The van der Waals surface area contributed by atoms with Gasteiger partial charge >= 0.3 is 6.18 Å². The Bertz CT molecular complexity index is 1290. The number of imidazole rings is 1. The second-order valence-electron chi connectivity index (χ2n) is 8.31. The van der Waals surface area contributed by atoms with Crippen LogP contribution in [0.3, 0.4) is 0 Å². The number of hydrogen-bond donors (Lipinski definition) is 1. The van der Waals surface area contributed by atoms with E-state index in [1.54, 1.807) is 18.2 Å².